The average Bonchev–Trinajstić information content (AvgIpc) is 3.28. The summed E-state index contributed by atoms with van der Waals surface area (Å²) >= 11 is 0. The monoisotopic (exact) mass is 534 g/mol. The first-order valence-electron chi connectivity index (χ1n) is 12.6. The summed E-state index contributed by atoms with van der Waals surface area (Å²) < 4.78 is 57.3. The van der Waals surface area contributed by atoms with Crippen LogP contribution >= 0.6 is 0 Å². The van der Waals surface area contributed by atoms with Crippen LogP contribution in [0.15, 0.2) is 57.4 Å². The van der Waals surface area contributed by atoms with Crippen molar-refractivity contribution in [1.29, 1.82) is 0 Å². The Morgan fingerprint density at radius 1 is 0.974 bits per heavy atom. The van der Waals surface area contributed by atoms with Crippen molar-refractivity contribution in [3.63, 3.8) is 0 Å². The molecule has 1 atom stereocenters. The third-order valence-electron chi connectivity index (χ3n) is 6.44. The van der Waals surface area contributed by atoms with E-state index < -0.39 is 29.6 Å². The number of alkyl halides is 3. The fraction of sp³-hybridized carbons (Fsp3) is 0.464. The summed E-state index contributed by atoms with van der Waals surface area (Å²) in [6.07, 6.45) is 0.419. The smallest absolute Gasteiger partial charge is 0.416 e. The number of carbonyl (C=O) groups excluding carboxylic acids is 2. The molecule has 38 heavy (non-hydrogen) atoms. The second-order valence-corrected chi connectivity index (χ2v) is 9.30. The Morgan fingerprint density at radius 2 is 1.61 bits per heavy atom. The van der Waals surface area contributed by atoms with Crippen LogP contribution in [0.5, 0.6) is 0 Å². The topological polar surface area (TPSA) is 90.7 Å². The largest absolute Gasteiger partial charge is 0.466 e. The van der Waals surface area contributed by atoms with Crippen LogP contribution in [0.3, 0.4) is 0 Å². The number of aromatic nitrogens is 1. The van der Waals surface area contributed by atoms with Gasteiger partial charge in [-0.1, -0.05) is 42.6 Å². The van der Waals surface area contributed by atoms with Crippen LogP contribution in [0.2, 0.25) is 0 Å². The Bertz CT molecular complexity index is 1210. The molecule has 0 bridgehead atoms. The van der Waals surface area contributed by atoms with Crippen molar-refractivity contribution in [2.24, 2.45) is 0 Å². The molecule has 0 spiro atoms. The summed E-state index contributed by atoms with van der Waals surface area (Å²) in [7, 11) is 1.14. The first kappa shape index (κ1) is 29.0. The molecule has 3 rings (SSSR count). The number of carbonyl (C=O) groups is 2. The third-order valence-corrected chi connectivity index (χ3v) is 6.44. The number of hydrogen-bond donors (Lipinski definition) is 1. The molecule has 1 aromatic heterocycles. The van der Waals surface area contributed by atoms with E-state index in [1.165, 1.54) is 18.2 Å². The van der Waals surface area contributed by atoms with Gasteiger partial charge in [0.1, 0.15) is 5.76 Å². The highest BCUT2D eigenvalue weighted by molar-refractivity contribution is 6.00. The number of nitrogens with zero attached hydrogens (tertiary/aromatic N) is 1. The van der Waals surface area contributed by atoms with Gasteiger partial charge in [0.05, 0.1) is 42.0 Å². The Hall–Kier alpha value is -3.56. The Kier molecular flexibility index (Phi) is 9.77. The number of rotatable bonds is 11. The summed E-state index contributed by atoms with van der Waals surface area (Å²) in [5.74, 6) is -2.03. The van der Waals surface area contributed by atoms with Gasteiger partial charge >= 0.3 is 18.1 Å². The van der Waals surface area contributed by atoms with Gasteiger partial charge in [0.25, 0.3) is 0 Å². The quantitative estimate of drug-likeness (QED) is 0.273. The number of ether oxygens (including phenoxy) is 2. The first-order chi connectivity index (χ1) is 18.0. The lowest BCUT2D eigenvalue weighted by atomic mass is 9.78. The fourth-order valence-corrected chi connectivity index (χ4v) is 4.67. The van der Waals surface area contributed by atoms with Gasteiger partial charge in [-0.25, -0.2) is 9.59 Å². The molecule has 10 heteroatoms. The highest BCUT2D eigenvalue weighted by atomic mass is 19.4. The maximum absolute atomic E-state index is 13.9. The predicted molar refractivity (Wildman–Crippen MR) is 134 cm³/mol. The Balaban J connectivity index is 1.69. The number of unbranched alkanes of at least 4 members (excludes halogenated alkanes) is 4. The third kappa shape index (κ3) is 7.05. The summed E-state index contributed by atoms with van der Waals surface area (Å²) in [6.45, 7) is 5.12. The molecule has 2 heterocycles. The van der Waals surface area contributed by atoms with Crippen LogP contribution in [-0.4, -0.2) is 30.8 Å². The highest BCUT2D eigenvalue weighted by Crippen LogP contribution is 2.44. The van der Waals surface area contributed by atoms with Crippen LogP contribution in [0, 0.1) is 6.92 Å². The van der Waals surface area contributed by atoms with Crippen LogP contribution < -0.4 is 5.32 Å². The van der Waals surface area contributed by atoms with Gasteiger partial charge in [0.2, 0.25) is 0 Å². The Labute approximate surface area is 220 Å². The number of halogens is 3. The van der Waals surface area contributed by atoms with Crippen molar-refractivity contribution in [2.75, 3.05) is 13.7 Å². The zero-order valence-electron chi connectivity index (χ0n) is 22.0. The van der Waals surface area contributed by atoms with Crippen LogP contribution in [0.1, 0.15) is 74.5 Å². The number of benzene rings is 1. The zero-order chi connectivity index (χ0) is 27.9. The standard InChI is InChI=1S/C28H33F3N2O5/c1-17-16-20(38-33-17)12-8-6-5-7-11-15-37-27(35)24-19(3)32-18(2)23(26(34)36-4)25(24)21-13-9-10-14-22(21)28(29,30)31/h9-10,13-14,16,25,32H,5-8,11-12,15H2,1-4H3. The maximum atomic E-state index is 13.9. The average molecular weight is 535 g/mol. The minimum atomic E-state index is -4.69. The molecule has 1 aliphatic rings. The van der Waals surface area contributed by atoms with E-state index in [9.17, 15) is 22.8 Å². The van der Waals surface area contributed by atoms with E-state index in [2.05, 4.69) is 10.5 Å². The number of hydrogen-bond acceptors (Lipinski definition) is 7. The second-order valence-electron chi connectivity index (χ2n) is 9.30. The van der Waals surface area contributed by atoms with Gasteiger partial charge in [-0.05, 0) is 45.2 Å². The molecule has 1 unspecified atom stereocenters. The first-order valence-corrected chi connectivity index (χ1v) is 12.6. The number of aryl methyl sites for hydroxylation is 2. The molecular formula is C28H33F3N2O5. The van der Waals surface area contributed by atoms with Gasteiger partial charge in [-0.2, -0.15) is 13.2 Å². The van der Waals surface area contributed by atoms with Gasteiger partial charge < -0.3 is 19.3 Å². The van der Waals surface area contributed by atoms with Crippen molar-refractivity contribution in [1.82, 2.24) is 10.5 Å². The molecule has 2 aromatic rings. The maximum Gasteiger partial charge on any atom is 0.416 e. The predicted octanol–water partition coefficient (Wildman–Crippen LogP) is 6.15. The van der Waals surface area contributed by atoms with E-state index in [1.807, 2.05) is 13.0 Å². The van der Waals surface area contributed by atoms with E-state index in [0.717, 1.165) is 56.7 Å². The van der Waals surface area contributed by atoms with Gasteiger partial charge in [-0.3, -0.25) is 0 Å². The minimum Gasteiger partial charge on any atom is -0.466 e. The second kappa shape index (κ2) is 12.8. The van der Waals surface area contributed by atoms with Crippen LogP contribution in [0.4, 0.5) is 13.2 Å². The normalized spacial score (nSPS) is 15.9. The molecule has 7 nitrogen and oxygen atoms in total. The van der Waals surface area contributed by atoms with Gasteiger partial charge in [0, 0.05) is 23.9 Å². The number of nitrogens with one attached hydrogen (secondary N) is 1. The lowest BCUT2D eigenvalue weighted by Crippen LogP contribution is -2.33. The SMILES string of the molecule is COC(=O)C1=C(C)NC(C)=C(C(=O)OCCCCCCCc2cc(C)no2)C1c1ccccc1C(F)(F)F. The molecule has 1 N–H and O–H groups in total. The molecule has 1 aliphatic heterocycles. The lowest BCUT2D eigenvalue weighted by Gasteiger charge is -2.31. The van der Waals surface area contributed by atoms with Crippen molar-refractivity contribution in [2.45, 2.75) is 71.4 Å². The molecule has 206 valence electrons. The molecule has 1 aromatic carbocycles. The van der Waals surface area contributed by atoms with Crippen LogP contribution in [0.25, 0.3) is 0 Å². The minimum absolute atomic E-state index is 0.0462. The summed E-state index contributed by atoms with van der Waals surface area (Å²) in [4.78, 5) is 25.9. The summed E-state index contributed by atoms with van der Waals surface area (Å²) in [6, 6.07) is 6.83. The molecule has 0 radical (unpaired) electrons. The molecule has 0 amide bonds. The van der Waals surface area contributed by atoms with Crippen molar-refractivity contribution < 1.29 is 36.8 Å². The van der Waals surface area contributed by atoms with Gasteiger partial charge in [0.15, 0.2) is 0 Å². The lowest BCUT2D eigenvalue weighted by molar-refractivity contribution is -0.141. The molecule has 0 fully saturated rings. The van der Waals surface area contributed by atoms with Crippen molar-refractivity contribution in [3.8, 4) is 0 Å². The van der Waals surface area contributed by atoms with Crippen molar-refractivity contribution in [3.05, 3.63) is 75.5 Å². The summed E-state index contributed by atoms with van der Waals surface area (Å²) in [5, 5.41) is 6.80. The zero-order valence-corrected chi connectivity index (χ0v) is 22.0. The molecule has 0 saturated heterocycles. The summed E-state index contributed by atoms with van der Waals surface area (Å²) in [5.41, 5.74) is 0.236. The fourth-order valence-electron chi connectivity index (χ4n) is 4.67. The number of allylic oxidation sites excluding steroid dienone is 2. The van der Waals surface area contributed by atoms with Gasteiger partial charge in [-0.15, -0.1) is 0 Å². The Morgan fingerprint density at radius 3 is 2.24 bits per heavy atom. The van der Waals surface area contributed by atoms with E-state index >= 15 is 0 Å². The number of dihydropyridines is 1. The number of methoxy groups -OCH3 is 1. The van der Waals surface area contributed by atoms with E-state index in [-0.39, 0.29) is 23.3 Å². The van der Waals surface area contributed by atoms with E-state index in [4.69, 9.17) is 14.0 Å². The van der Waals surface area contributed by atoms with Crippen LogP contribution in [-0.2, 0) is 31.7 Å². The molecule has 0 aliphatic carbocycles. The molecular weight excluding hydrogens is 501 g/mol. The van der Waals surface area contributed by atoms with Crippen molar-refractivity contribution >= 4 is 11.9 Å². The van der Waals surface area contributed by atoms with E-state index in [0.29, 0.717) is 17.8 Å². The van der Waals surface area contributed by atoms with E-state index in [1.54, 1.807) is 13.8 Å². The number of esters is 2. The molecule has 0 saturated carbocycles. The highest BCUT2D eigenvalue weighted by Gasteiger charge is 2.43.